The number of carbonyl (C=O) groups excluding carboxylic acids is 2. The number of nitrogens with two attached hydrogens (primary N) is 1. The van der Waals surface area contributed by atoms with Crippen molar-refractivity contribution in [2.75, 3.05) is 25.5 Å². The van der Waals surface area contributed by atoms with Gasteiger partial charge in [-0.3, -0.25) is 10.1 Å². The molecule has 1 aromatic rings. The van der Waals surface area contributed by atoms with Crippen LogP contribution < -0.4 is 11.1 Å². The number of hydrogen-bond donors (Lipinski definition) is 2. The first-order valence-corrected chi connectivity index (χ1v) is 8.76. The highest BCUT2D eigenvalue weighted by Crippen LogP contribution is 2.33. The molecule has 2 amide bonds. The molecule has 0 saturated heterocycles. The monoisotopic (exact) mass is 367 g/mol. The predicted molar refractivity (Wildman–Crippen MR) is 98.5 cm³/mol. The second-order valence-electron chi connectivity index (χ2n) is 7.26. The Balaban J connectivity index is 2.20. The maximum atomic E-state index is 12.7. The standard InChI is InChI=1S/C18H26ClN3O3/c1-18(2,10-20)11-22(16(23)12-4-5-12)9-13-8-14(6-7-15(13)19)21-17(24)25-3/h6-8,12H,4-5,9-11,20H2,1-3H3,(H,21,24). The van der Waals surface area contributed by atoms with Gasteiger partial charge in [-0.15, -0.1) is 0 Å². The Labute approximate surface area is 153 Å². The summed E-state index contributed by atoms with van der Waals surface area (Å²) in [4.78, 5) is 25.9. The van der Waals surface area contributed by atoms with Crippen LogP contribution in [0.25, 0.3) is 0 Å². The third kappa shape index (κ3) is 5.61. The lowest BCUT2D eigenvalue weighted by molar-refractivity contribution is -0.134. The summed E-state index contributed by atoms with van der Waals surface area (Å²) < 4.78 is 4.60. The van der Waals surface area contributed by atoms with Crippen molar-refractivity contribution in [3.63, 3.8) is 0 Å². The van der Waals surface area contributed by atoms with Crippen molar-refractivity contribution in [2.45, 2.75) is 33.2 Å². The molecular weight excluding hydrogens is 342 g/mol. The largest absolute Gasteiger partial charge is 0.453 e. The number of nitrogens with one attached hydrogen (secondary N) is 1. The molecule has 0 aliphatic heterocycles. The van der Waals surface area contributed by atoms with Crippen molar-refractivity contribution in [2.24, 2.45) is 17.1 Å². The zero-order valence-corrected chi connectivity index (χ0v) is 15.7. The average Bonchev–Trinajstić information content (AvgIpc) is 3.41. The van der Waals surface area contributed by atoms with Gasteiger partial charge in [-0.2, -0.15) is 0 Å². The third-order valence-electron chi connectivity index (χ3n) is 4.25. The van der Waals surface area contributed by atoms with Crippen molar-refractivity contribution in [1.82, 2.24) is 4.90 Å². The van der Waals surface area contributed by atoms with Crippen LogP contribution in [0.15, 0.2) is 18.2 Å². The van der Waals surface area contributed by atoms with Gasteiger partial charge in [-0.1, -0.05) is 25.4 Å². The molecule has 1 fully saturated rings. The van der Waals surface area contributed by atoms with E-state index in [4.69, 9.17) is 17.3 Å². The van der Waals surface area contributed by atoms with Gasteiger partial charge in [-0.05, 0) is 48.6 Å². The molecule has 0 heterocycles. The van der Waals surface area contributed by atoms with Crippen molar-refractivity contribution in [1.29, 1.82) is 0 Å². The Morgan fingerprint density at radius 1 is 1.40 bits per heavy atom. The number of anilines is 1. The summed E-state index contributed by atoms with van der Waals surface area (Å²) in [6.45, 7) is 5.51. The van der Waals surface area contributed by atoms with Crippen LogP contribution in [-0.2, 0) is 16.1 Å². The summed E-state index contributed by atoms with van der Waals surface area (Å²) >= 11 is 6.31. The summed E-state index contributed by atoms with van der Waals surface area (Å²) in [5.74, 6) is 0.257. The Bertz CT molecular complexity index is 644. The SMILES string of the molecule is COC(=O)Nc1ccc(Cl)c(CN(CC(C)(C)CN)C(=O)C2CC2)c1. The smallest absolute Gasteiger partial charge is 0.411 e. The molecule has 1 aromatic carbocycles. The number of carbonyl (C=O) groups is 2. The lowest BCUT2D eigenvalue weighted by Crippen LogP contribution is -2.42. The van der Waals surface area contributed by atoms with Crippen LogP contribution in [-0.4, -0.2) is 37.1 Å². The lowest BCUT2D eigenvalue weighted by atomic mass is 9.92. The van der Waals surface area contributed by atoms with Crippen molar-refractivity contribution >= 4 is 29.3 Å². The first-order valence-electron chi connectivity index (χ1n) is 8.38. The maximum absolute atomic E-state index is 12.7. The quantitative estimate of drug-likeness (QED) is 0.774. The van der Waals surface area contributed by atoms with Gasteiger partial charge in [0.15, 0.2) is 0 Å². The van der Waals surface area contributed by atoms with E-state index in [0.717, 1.165) is 18.4 Å². The second kappa shape index (κ2) is 8.06. The minimum absolute atomic E-state index is 0.115. The fourth-order valence-electron chi connectivity index (χ4n) is 2.53. The molecule has 1 aliphatic rings. The highest BCUT2D eigenvalue weighted by molar-refractivity contribution is 6.31. The minimum atomic E-state index is -0.552. The van der Waals surface area contributed by atoms with Gasteiger partial charge in [0, 0.05) is 29.7 Å². The summed E-state index contributed by atoms with van der Waals surface area (Å²) in [5, 5.41) is 3.16. The molecule has 0 aromatic heterocycles. The lowest BCUT2D eigenvalue weighted by Gasteiger charge is -2.32. The fourth-order valence-corrected chi connectivity index (χ4v) is 2.71. The van der Waals surface area contributed by atoms with Crippen LogP contribution in [0.2, 0.25) is 5.02 Å². The van der Waals surface area contributed by atoms with Crippen LogP contribution in [0, 0.1) is 11.3 Å². The Morgan fingerprint density at radius 2 is 2.08 bits per heavy atom. The summed E-state index contributed by atoms with van der Waals surface area (Å²) in [6, 6.07) is 5.16. The highest BCUT2D eigenvalue weighted by atomic mass is 35.5. The van der Waals surface area contributed by atoms with E-state index in [1.54, 1.807) is 18.2 Å². The molecule has 0 bridgehead atoms. The number of hydrogen-bond acceptors (Lipinski definition) is 4. The second-order valence-corrected chi connectivity index (χ2v) is 7.67. The van der Waals surface area contributed by atoms with E-state index >= 15 is 0 Å². The third-order valence-corrected chi connectivity index (χ3v) is 4.62. The average molecular weight is 368 g/mol. The molecular formula is C18H26ClN3O3. The number of ether oxygens (including phenoxy) is 1. The zero-order chi connectivity index (χ0) is 18.6. The first-order chi connectivity index (χ1) is 11.8. The Kier molecular flexibility index (Phi) is 6.30. The van der Waals surface area contributed by atoms with Gasteiger partial charge < -0.3 is 15.4 Å². The minimum Gasteiger partial charge on any atom is -0.453 e. The predicted octanol–water partition coefficient (Wildman–Crippen LogP) is 3.24. The van der Waals surface area contributed by atoms with Crippen molar-refractivity contribution in [3.8, 4) is 0 Å². The van der Waals surface area contributed by atoms with Gasteiger partial charge in [0.05, 0.1) is 7.11 Å². The molecule has 0 unspecified atom stereocenters. The molecule has 0 atom stereocenters. The summed E-state index contributed by atoms with van der Waals surface area (Å²) in [6.07, 6.45) is 1.33. The molecule has 0 spiro atoms. The molecule has 138 valence electrons. The first kappa shape index (κ1) is 19.5. The van der Waals surface area contributed by atoms with E-state index in [1.807, 2.05) is 18.7 Å². The molecule has 1 aliphatic carbocycles. The molecule has 0 radical (unpaired) electrons. The molecule has 2 rings (SSSR count). The van der Waals surface area contributed by atoms with E-state index in [-0.39, 0.29) is 17.2 Å². The normalized spacial score (nSPS) is 14.1. The number of benzene rings is 1. The fraction of sp³-hybridized carbons (Fsp3) is 0.556. The van der Waals surface area contributed by atoms with Gasteiger partial charge >= 0.3 is 6.09 Å². The van der Waals surface area contributed by atoms with Crippen LogP contribution >= 0.6 is 11.6 Å². The van der Waals surface area contributed by atoms with E-state index < -0.39 is 6.09 Å². The van der Waals surface area contributed by atoms with Crippen LogP contribution in [0.3, 0.4) is 0 Å². The van der Waals surface area contributed by atoms with Gasteiger partial charge in [0.1, 0.15) is 0 Å². The van der Waals surface area contributed by atoms with Gasteiger partial charge in [0.25, 0.3) is 0 Å². The number of rotatable bonds is 7. The van der Waals surface area contributed by atoms with E-state index in [0.29, 0.717) is 30.3 Å². The van der Waals surface area contributed by atoms with Crippen LogP contribution in [0.4, 0.5) is 10.5 Å². The molecule has 1 saturated carbocycles. The molecule has 3 N–H and O–H groups in total. The molecule has 6 nitrogen and oxygen atoms in total. The zero-order valence-electron chi connectivity index (χ0n) is 15.0. The van der Waals surface area contributed by atoms with Gasteiger partial charge in [0.2, 0.25) is 5.91 Å². The van der Waals surface area contributed by atoms with Crippen molar-refractivity contribution in [3.05, 3.63) is 28.8 Å². The highest BCUT2D eigenvalue weighted by Gasteiger charge is 2.35. The molecule has 7 heteroatoms. The van der Waals surface area contributed by atoms with E-state index in [2.05, 4.69) is 10.1 Å². The van der Waals surface area contributed by atoms with E-state index in [1.165, 1.54) is 7.11 Å². The summed E-state index contributed by atoms with van der Waals surface area (Å²) in [7, 11) is 1.30. The number of nitrogens with zero attached hydrogens (tertiary/aromatic N) is 1. The number of methoxy groups -OCH3 is 1. The Morgan fingerprint density at radius 3 is 2.64 bits per heavy atom. The molecule has 25 heavy (non-hydrogen) atoms. The van der Waals surface area contributed by atoms with Crippen molar-refractivity contribution < 1.29 is 14.3 Å². The van der Waals surface area contributed by atoms with E-state index in [9.17, 15) is 9.59 Å². The Hall–Kier alpha value is -1.79. The van der Waals surface area contributed by atoms with Crippen LogP contribution in [0.1, 0.15) is 32.3 Å². The topological polar surface area (TPSA) is 84.7 Å². The van der Waals surface area contributed by atoms with Crippen LogP contribution in [0.5, 0.6) is 0 Å². The number of halogens is 1. The maximum Gasteiger partial charge on any atom is 0.411 e. The summed E-state index contributed by atoms with van der Waals surface area (Å²) in [5.41, 5.74) is 7.00. The van der Waals surface area contributed by atoms with Gasteiger partial charge in [-0.25, -0.2) is 4.79 Å². The number of amides is 2.